The number of carbonyl (C=O) groups is 2. The number of nitriles is 2. The number of thioether (sulfide) groups is 4. The highest BCUT2D eigenvalue weighted by Crippen LogP contribution is 2.68. The second-order valence-electron chi connectivity index (χ2n) is 10.8. The molecule has 0 spiro atoms. The van der Waals surface area contributed by atoms with Crippen molar-refractivity contribution in [3.8, 4) is 23.6 Å². The number of ether oxygens (including phenoxy) is 4. The molecule has 0 aliphatic carbocycles. The molecule has 46 heavy (non-hydrogen) atoms. The molecule has 8 nitrogen and oxygen atoms in total. The molecule has 0 amide bonds. The Hall–Kier alpha value is -2.38. The molecule has 2 aliphatic rings. The summed E-state index contributed by atoms with van der Waals surface area (Å²) in [6.45, 7) is 13.5. The van der Waals surface area contributed by atoms with E-state index in [0.717, 1.165) is 70.9 Å². The van der Waals surface area contributed by atoms with Gasteiger partial charge < -0.3 is 18.9 Å². The van der Waals surface area contributed by atoms with Crippen LogP contribution in [-0.4, -0.2) is 38.4 Å². The first-order valence-electron chi connectivity index (χ1n) is 16.2. The second-order valence-corrected chi connectivity index (χ2v) is 15.4. The van der Waals surface area contributed by atoms with Crippen molar-refractivity contribution in [3.05, 3.63) is 19.6 Å². The normalized spacial score (nSPS) is 14.4. The lowest BCUT2D eigenvalue weighted by atomic mass is 10.0. The highest BCUT2D eigenvalue weighted by atomic mass is 32.2. The molecule has 0 bridgehead atoms. The molecule has 0 aromatic heterocycles. The summed E-state index contributed by atoms with van der Waals surface area (Å²) in [5.74, 6) is 0.401. The van der Waals surface area contributed by atoms with Crippen LogP contribution in [0.4, 0.5) is 0 Å². The average molecular weight is 705 g/mol. The van der Waals surface area contributed by atoms with E-state index in [2.05, 4.69) is 39.8 Å². The number of nitrogens with zero attached hydrogens (tertiary/aromatic N) is 2. The summed E-state index contributed by atoms with van der Waals surface area (Å²) in [5.41, 5.74) is -0.0809. The van der Waals surface area contributed by atoms with Crippen LogP contribution in [-0.2, 0) is 19.1 Å². The number of carbonyl (C=O) groups excluding carboxylic acids is 2. The molecular weight excluding hydrogens is 661 g/mol. The van der Waals surface area contributed by atoms with Gasteiger partial charge in [-0.05, 0) is 38.5 Å². The van der Waals surface area contributed by atoms with E-state index >= 15 is 0 Å². The third-order valence-electron chi connectivity index (χ3n) is 7.62. The summed E-state index contributed by atoms with van der Waals surface area (Å²) >= 11 is 5.14. The second kappa shape index (κ2) is 19.4. The third-order valence-corrected chi connectivity index (χ3v) is 12.8. The fraction of sp³-hybridized carbons (Fsp3) is 0.588. The Morgan fingerprint density at radius 2 is 0.978 bits per heavy atom. The SMILES string of the molecule is CCCCC(CC)COC(=O)C(C#N)=C1Sc2c(OCC)c3c(c(OCC)c2S1)SC(=C(C#N)C(=O)OCC(CC)CCCC)S3. The van der Waals surface area contributed by atoms with E-state index in [-0.39, 0.29) is 36.2 Å². The first kappa shape index (κ1) is 38.1. The van der Waals surface area contributed by atoms with E-state index < -0.39 is 11.9 Å². The molecule has 0 fully saturated rings. The summed E-state index contributed by atoms with van der Waals surface area (Å²) in [7, 11) is 0. The van der Waals surface area contributed by atoms with Gasteiger partial charge in [-0.25, -0.2) is 9.59 Å². The maximum Gasteiger partial charge on any atom is 0.350 e. The maximum atomic E-state index is 13.1. The van der Waals surface area contributed by atoms with Gasteiger partial charge >= 0.3 is 11.9 Å². The van der Waals surface area contributed by atoms with Crippen molar-refractivity contribution in [1.29, 1.82) is 10.5 Å². The summed E-state index contributed by atoms with van der Waals surface area (Å²) in [6.07, 6.45) is 8.03. The minimum absolute atomic E-state index is 0.0404. The minimum atomic E-state index is -0.630. The standard InChI is InChI=1S/C34H44N2O6S4/c1-7-13-15-21(9-3)19-41-31(37)23(17-35)33-43-27-25(39-11-5)29-30(26(40-12-6)28(27)44-33)46-34(45-29)24(18-36)32(38)42-20-22(10-4)16-14-8-2/h21-22H,7-16,19-20H2,1-6H3. The van der Waals surface area contributed by atoms with Crippen molar-refractivity contribution in [2.75, 3.05) is 26.4 Å². The molecule has 12 heteroatoms. The van der Waals surface area contributed by atoms with Gasteiger partial charge in [-0.15, -0.1) is 0 Å². The van der Waals surface area contributed by atoms with Gasteiger partial charge in [0, 0.05) is 0 Å². The van der Waals surface area contributed by atoms with Crippen molar-refractivity contribution in [2.24, 2.45) is 11.8 Å². The molecule has 0 N–H and O–H groups in total. The number of esters is 2. The van der Waals surface area contributed by atoms with Crippen molar-refractivity contribution in [3.63, 3.8) is 0 Å². The van der Waals surface area contributed by atoms with Crippen molar-refractivity contribution in [2.45, 2.75) is 112 Å². The van der Waals surface area contributed by atoms with Crippen molar-refractivity contribution < 1.29 is 28.5 Å². The molecule has 2 unspecified atom stereocenters. The van der Waals surface area contributed by atoms with E-state index in [9.17, 15) is 20.1 Å². The number of benzene rings is 1. The number of rotatable bonds is 18. The van der Waals surface area contributed by atoms with Gasteiger partial charge in [0.1, 0.15) is 23.6 Å². The number of unbranched alkanes of at least 4 members (excludes halogenated alkanes) is 2. The predicted octanol–water partition coefficient (Wildman–Crippen LogP) is 9.87. The van der Waals surface area contributed by atoms with E-state index in [1.54, 1.807) is 0 Å². The van der Waals surface area contributed by atoms with Gasteiger partial charge in [-0.1, -0.05) is 113 Å². The molecular formula is C34H44N2O6S4. The Balaban J connectivity index is 1.95. The van der Waals surface area contributed by atoms with Crippen LogP contribution in [0.25, 0.3) is 0 Å². The molecule has 1 aromatic rings. The van der Waals surface area contributed by atoms with Crippen LogP contribution >= 0.6 is 47.0 Å². The summed E-state index contributed by atoms with van der Waals surface area (Å²) in [5, 5.41) is 20.1. The van der Waals surface area contributed by atoms with E-state index in [1.165, 1.54) is 47.0 Å². The third kappa shape index (κ3) is 9.37. The van der Waals surface area contributed by atoms with Gasteiger partial charge in [0.15, 0.2) is 11.1 Å². The predicted molar refractivity (Wildman–Crippen MR) is 186 cm³/mol. The zero-order valence-electron chi connectivity index (χ0n) is 27.6. The molecule has 250 valence electrons. The smallest absolute Gasteiger partial charge is 0.350 e. The topological polar surface area (TPSA) is 119 Å². The Morgan fingerprint density at radius 3 is 1.24 bits per heavy atom. The molecule has 2 aliphatic heterocycles. The highest BCUT2D eigenvalue weighted by Gasteiger charge is 2.40. The zero-order chi connectivity index (χ0) is 33.6. The van der Waals surface area contributed by atoms with E-state index in [1.807, 2.05) is 13.8 Å². The Labute approximate surface area is 290 Å². The average Bonchev–Trinajstić information content (AvgIpc) is 3.69. The van der Waals surface area contributed by atoms with Crippen molar-refractivity contribution >= 4 is 59.0 Å². The van der Waals surface area contributed by atoms with Gasteiger partial charge in [0.25, 0.3) is 0 Å². The fourth-order valence-corrected chi connectivity index (χ4v) is 10.2. The summed E-state index contributed by atoms with van der Waals surface area (Å²) < 4.78 is 24.6. The quantitative estimate of drug-likeness (QED) is 0.0822. The number of hydrogen-bond donors (Lipinski definition) is 0. The van der Waals surface area contributed by atoms with Crippen LogP contribution in [0.5, 0.6) is 11.5 Å². The van der Waals surface area contributed by atoms with Gasteiger partial charge in [-0.2, -0.15) is 10.5 Å². The van der Waals surface area contributed by atoms with Crippen LogP contribution < -0.4 is 9.47 Å². The Kier molecular flexibility index (Phi) is 16.1. The van der Waals surface area contributed by atoms with Gasteiger partial charge in [-0.3, -0.25) is 0 Å². The lowest BCUT2D eigenvalue weighted by Gasteiger charge is -2.16. The maximum absolute atomic E-state index is 13.1. The molecule has 0 saturated heterocycles. The van der Waals surface area contributed by atoms with Crippen LogP contribution in [0.1, 0.15) is 92.9 Å². The molecule has 2 heterocycles. The minimum Gasteiger partial charge on any atom is -0.491 e. The summed E-state index contributed by atoms with van der Waals surface area (Å²) in [4.78, 5) is 29.2. The molecule has 3 rings (SSSR count). The van der Waals surface area contributed by atoms with Crippen LogP contribution in [0.15, 0.2) is 39.2 Å². The highest BCUT2D eigenvalue weighted by molar-refractivity contribution is 8.26. The number of hydrogen-bond acceptors (Lipinski definition) is 12. The van der Waals surface area contributed by atoms with Gasteiger partial charge in [0.05, 0.1) is 54.5 Å². The largest absolute Gasteiger partial charge is 0.491 e. The zero-order valence-corrected chi connectivity index (χ0v) is 30.9. The summed E-state index contributed by atoms with van der Waals surface area (Å²) in [6, 6.07) is 4.15. The van der Waals surface area contributed by atoms with E-state index in [4.69, 9.17) is 18.9 Å². The van der Waals surface area contributed by atoms with Crippen molar-refractivity contribution in [1.82, 2.24) is 0 Å². The van der Waals surface area contributed by atoms with Crippen LogP contribution in [0, 0.1) is 34.5 Å². The van der Waals surface area contributed by atoms with Crippen LogP contribution in [0.2, 0.25) is 0 Å². The lowest BCUT2D eigenvalue weighted by molar-refractivity contribution is -0.140. The first-order valence-corrected chi connectivity index (χ1v) is 19.4. The van der Waals surface area contributed by atoms with Crippen LogP contribution in [0.3, 0.4) is 0 Å². The fourth-order valence-electron chi connectivity index (χ4n) is 4.83. The molecule has 2 atom stereocenters. The van der Waals surface area contributed by atoms with E-state index in [0.29, 0.717) is 33.2 Å². The Bertz CT molecular complexity index is 1270. The number of fused-ring (bicyclic) bond motifs is 2. The Morgan fingerprint density at radius 1 is 0.630 bits per heavy atom. The monoisotopic (exact) mass is 704 g/mol. The first-order chi connectivity index (χ1) is 22.3. The molecule has 0 saturated carbocycles. The van der Waals surface area contributed by atoms with Gasteiger partial charge in [0.2, 0.25) is 0 Å². The lowest BCUT2D eigenvalue weighted by Crippen LogP contribution is -2.15. The molecule has 1 aromatic carbocycles. The molecule has 0 radical (unpaired) electrons.